The number of aromatic nitrogens is 3. The fraction of sp³-hybridized carbons (Fsp3) is 0.278. The maximum Gasteiger partial charge on any atom is 0.335 e. The van der Waals surface area contributed by atoms with Crippen molar-refractivity contribution in [3.05, 3.63) is 48.4 Å². The van der Waals surface area contributed by atoms with Crippen molar-refractivity contribution < 1.29 is 9.90 Å². The van der Waals surface area contributed by atoms with E-state index < -0.39 is 5.97 Å². The van der Waals surface area contributed by atoms with Crippen LogP contribution in [0.25, 0.3) is 16.9 Å². The molecule has 0 atom stereocenters. The van der Waals surface area contributed by atoms with Gasteiger partial charge < -0.3 is 19.3 Å². The smallest absolute Gasteiger partial charge is 0.335 e. The monoisotopic (exact) mass is 339 g/mol. The zero-order valence-corrected chi connectivity index (χ0v) is 14.5. The Morgan fingerprint density at radius 2 is 1.88 bits per heavy atom. The molecule has 7 nitrogen and oxygen atoms in total. The first-order valence-electron chi connectivity index (χ1n) is 7.99. The topological polar surface area (TPSA) is 74.0 Å². The van der Waals surface area contributed by atoms with Crippen molar-refractivity contribution in [3.63, 3.8) is 0 Å². The summed E-state index contributed by atoms with van der Waals surface area (Å²) < 4.78 is 1.94. The molecule has 0 saturated heterocycles. The summed E-state index contributed by atoms with van der Waals surface area (Å²) in [6.45, 7) is 1.73. The maximum absolute atomic E-state index is 11.0. The summed E-state index contributed by atoms with van der Waals surface area (Å²) in [5.41, 5.74) is 2.69. The van der Waals surface area contributed by atoms with E-state index in [1.807, 2.05) is 37.9 Å². The molecule has 0 bridgehead atoms. The van der Waals surface area contributed by atoms with Crippen molar-refractivity contribution in [1.82, 2.24) is 19.3 Å². The Kier molecular flexibility index (Phi) is 4.67. The van der Waals surface area contributed by atoms with Gasteiger partial charge in [-0.25, -0.2) is 14.8 Å². The summed E-state index contributed by atoms with van der Waals surface area (Å²) in [5, 5.41) is 9.04. The Labute approximate surface area is 146 Å². The Balaban J connectivity index is 2.00. The predicted molar refractivity (Wildman–Crippen MR) is 97.2 cm³/mol. The van der Waals surface area contributed by atoms with E-state index >= 15 is 0 Å². The highest BCUT2D eigenvalue weighted by Crippen LogP contribution is 2.24. The van der Waals surface area contributed by atoms with E-state index in [1.54, 1.807) is 30.5 Å². The number of carboxylic acid groups (broad SMARTS) is 1. The number of fused-ring (bicyclic) bond motifs is 1. The zero-order valence-electron chi connectivity index (χ0n) is 14.5. The van der Waals surface area contributed by atoms with E-state index in [9.17, 15) is 4.79 Å². The van der Waals surface area contributed by atoms with Crippen LogP contribution in [0.4, 0.5) is 5.82 Å². The number of imidazole rings is 1. The average molecular weight is 339 g/mol. The number of carbonyl (C=O) groups is 1. The molecule has 1 N–H and O–H groups in total. The Bertz CT molecular complexity index is 886. The maximum atomic E-state index is 11.0. The first-order valence-corrected chi connectivity index (χ1v) is 7.99. The summed E-state index contributed by atoms with van der Waals surface area (Å²) in [6.07, 6.45) is 5.54. The second kappa shape index (κ2) is 6.90. The molecule has 7 heteroatoms. The highest BCUT2D eigenvalue weighted by molar-refractivity contribution is 5.88. The Morgan fingerprint density at radius 3 is 2.52 bits per heavy atom. The number of nitrogens with zero attached hydrogens (tertiary/aromatic N) is 5. The number of carboxylic acids is 1. The predicted octanol–water partition coefficient (Wildman–Crippen LogP) is 2.09. The van der Waals surface area contributed by atoms with Crippen molar-refractivity contribution in [2.75, 3.05) is 39.1 Å². The molecule has 0 unspecified atom stereocenters. The lowest BCUT2D eigenvalue weighted by molar-refractivity contribution is 0.0697. The van der Waals surface area contributed by atoms with Crippen molar-refractivity contribution in [2.24, 2.45) is 0 Å². The largest absolute Gasteiger partial charge is 0.478 e. The molecule has 3 aromatic rings. The van der Waals surface area contributed by atoms with Gasteiger partial charge in [-0.2, -0.15) is 0 Å². The van der Waals surface area contributed by atoms with Crippen LogP contribution in [-0.4, -0.2) is 64.6 Å². The van der Waals surface area contributed by atoms with Crippen LogP contribution >= 0.6 is 0 Å². The summed E-state index contributed by atoms with van der Waals surface area (Å²) in [4.78, 5) is 24.4. The quantitative estimate of drug-likeness (QED) is 0.741. The lowest BCUT2D eigenvalue weighted by Gasteiger charge is -2.21. The number of benzene rings is 1. The third-order valence-electron chi connectivity index (χ3n) is 4.03. The van der Waals surface area contributed by atoms with Gasteiger partial charge in [0, 0.05) is 44.3 Å². The number of likely N-dealkylation sites (N-methyl/N-ethyl adjacent to an activating group) is 2. The van der Waals surface area contributed by atoms with Gasteiger partial charge >= 0.3 is 5.97 Å². The molecule has 0 amide bonds. The molecular formula is C18H21N5O2. The molecular weight excluding hydrogens is 318 g/mol. The second-order valence-corrected chi connectivity index (χ2v) is 6.22. The first kappa shape index (κ1) is 16.9. The number of anilines is 1. The summed E-state index contributed by atoms with van der Waals surface area (Å²) in [5.74, 6) is -0.139. The molecule has 130 valence electrons. The molecule has 0 aliphatic heterocycles. The Hall–Kier alpha value is -2.93. The van der Waals surface area contributed by atoms with Gasteiger partial charge in [-0.15, -0.1) is 0 Å². The van der Waals surface area contributed by atoms with Crippen LogP contribution in [-0.2, 0) is 0 Å². The van der Waals surface area contributed by atoms with E-state index in [0.717, 1.165) is 35.8 Å². The second-order valence-electron chi connectivity index (χ2n) is 6.22. The van der Waals surface area contributed by atoms with Crippen molar-refractivity contribution >= 4 is 17.4 Å². The fourth-order valence-electron chi connectivity index (χ4n) is 2.55. The molecule has 2 aromatic heterocycles. The zero-order chi connectivity index (χ0) is 18.0. The minimum absolute atomic E-state index is 0.260. The van der Waals surface area contributed by atoms with E-state index in [1.165, 1.54) is 0 Å². The van der Waals surface area contributed by atoms with Crippen molar-refractivity contribution in [2.45, 2.75) is 0 Å². The average Bonchev–Trinajstić information content (AvgIpc) is 3.07. The third kappa shape index (κ3) is 3.61. The number of hydrogen-bond donors (Lipinski definition) is 1. The summed E-state index contributed by atoms with van der Waals surface area (Å²) in [7, 11) is 6.07. The molecule has 0 saturated carbocycles. The van der Waals surface area contributed by atoms with Crippen LogP contribution in [0.15, 0.2) is 42.9 Å². The molecule has 0 spiro atoms. The van der Waals surface area contributed by atoms with Crippen molar-refractivity contribution in [3.8, 4) is 11.3 Å². The number of rotatable bonds is 6. The fourth-order valence-corrected chi connectivity index (χ4v) is 2.55. The third-order valence-corrected chi connectivity index (χ3v) is 4.03. The molecule has 1 aromatic carbocycles. The molecule has 0 aliphatic carbocycles. The van der Waals surface area contributed by atoms with Crippen LogP contribution in [0, 0.1) is 0 Å². The number of aromatic carboxylic acids is 1. The van der Waals surface area contributed by atoms with Crippen LogP contribution in [0.3, 0.4) is 0 Å². The lowest BCUT2D eigenvalue weighted by Crippen LogP contribution is -2.29. The van der Waals surface area contributed by atoms with Crippen LogP contribution in [0.1, 0.15) is 10.4 Å². The van der Waals surface area contributed by atoms with Gasteiger partial charge in [0.05, 0.1) is 11.3 Å². The molecule has 2 heterocycles. The van der Waals surface area contributed by atoms with Gasteiger partial charge in [0.15, 0.2) is 11.5 Å². The molecule has 0 aliphatic rings. The van der Waals surface area contributed by atoms with Crippen molar-refractivity contribution in [1.29, 1.82) is 0 Å². The van der Waals surface area contributed by atoms with Gasteiger partial charge in [0.1, 0.15) is 0 Å². The normalized spacial score (nSPS) is 11.2. The van der Waals surface area contributed by atoms with Gasteiger partial charge in [0.25, 0.3) is 0 Å². The van der Waals surface area contributed by atoms with Gasteiger partial charge in [-0.1, -0.05) is 12.1 Å². The minimum Gasteiger partial charge on any atom is -0.478 e. The van der Waals surface area contributed by atoms with Crippen LogP contribution < -0.4 is 4.90 Å². The van der Waals surface area contributed by atoms with Gasteiger partial charge in [0.2, 0.25) is 0 Å². The van der Waals surface area contributed by atoms with Gasteiger partial charge in [-0.3, -0.25) is 0 Å². The summed E-state index contributed by atoms with van der Waals surface area (Å²) >= 11 is 0. The molecule has 3 rings (SSSR count). The molecule has 0 fully saturated rings. The Morgan fingerprint density at radius 1 is 1.16 bits per heavy atom. The van der Waals surface area contributed by atoms with Crippen LogP contribution in [0.5, 0.6) is 0 Å². The van der Waals surface area contributed by atoms with Crippen LogP contribution in [0.2, 0.25) is 0 Å². The lowest BCUT2D eigenvalue weighted by atomic mass is 10.1. The van der Waals surface area contributed by atoms with Gasteiger partial charge in [-0.05, 0) is 26.2 Å². The van der Waals surface area contributed by atoms with E-state index in [2.05, 4.69) is 14.8 Å². The molecule has 0 radical (unpaired) electrons. The van der Waals surface area contributed by atoms with E-state index in [4.69, 9.17) is 10.1 Å². The minimum atomic E-state index is -0.936. The standard InChI is InChI=1S/C18H21N5O2/c1-21(2)10-11-22(3)17-16-19-8-9-23(16)12-15(20-17)13-4-6-14(7-5-13)18(24)25/h4-9,12H,10-11H2,1-3H3,(H,24,25). The highest BCUT2D eigenvalue weighted by Gasteiger charge is 2.13. The summed E-state index contributed by atoms with van der Waals surface area (Å²) in [6, 6.07) is 6.73. The van der Waals surface area contributed by atoms with E-state index in [-0.39, 0.29) is 5.56 Å². The first-order chi connectivity index (χ1) is 12.0. The SMILES string of the molecule is CN(C)CCN(C)c1nc(-c2ccc(C(=O)O)cc2)cn2ccnc12. The number of hydrogen-bond acceptors (Lipinski definition) is 5. The molecule has 25 heavy (non-hydrogen) atoms. The van der Waals surface area contributed by atoms with E-state index in [0.29, 0.717) is 0 Å². The highest BCUT2D eigenvalue weighted by atomic mass is 16.4.